The third-order valence-electron chi connectivity index (χ3n) is 3.72. The van der Waals surface area contributed by atoms with Crippen LogP contribution in [0.3, 0.4) is 0 Å². The van der Waals surface area contributed by atoms with Crippen LogP contribution in [-0.2, 0) is 7.05 Å². The van der Waals surface area contributed by atoms with Crippen molar-refractivity contribution in [2.75, 3.05) is 5.32 Å². The lowest BCUT2D eigenvalue weighted by atomic mass is 10.2. The molecule has 1 aromatic carbocycles. The van der Waals surface area contributed by atoms with Crippen LogP contribution in [0, 0.1) is 0 Å². The van der Waals surface area contributed by atoms with Gasteiger partial charge in [-0.2, -0.15) is 0 Å². The predicted molar refractivity (Wildman–Crippen MR) is 91.5 cm³/mol. The van der Waals surface area contributed by atoms with Gasteiger partial charge in [0.1, 0.15) is 5.82 Å². The molecule has 3 heterocycles. The monoisotopic (exact) mass is 301 g/mol. The van der Waals surface area contributed by atoms with Gasteiger partial charge in [-0.15, -0.1) is 0 Å². The van der Waals surface area contributed by atoms with Gasteiger partial charge in [0.05, 0.1) is 11.2 Å². The van der Waals surface area contributed by atoms with E-state index >= 15 is 0 Å². The van der Waals surface area contributed by atoms with Crippen LogP contribution in [0.2, 0.25) is 0 Å². The third-order valence-corrected chi connectivity index (χ3v) is 3.72. The van der Waals surface area contributed by atoms with Crippen molar-refractivity contribution in [1.82, 2.24) is 19.5 Å². The molecule has 1 N–H and O–H groups in total. The van der Waals surface area contributed by atoms with E-state index in [1.54, 1.807) is 12.4 Å². The number of aryl methyl sites for hydroxylation is 1. The highest BCUT2D eigenvalue weighted by Crippen LogP contribution is 2.27. The zero-order chi connectivity index (χ0) is 15.6. The molecule has 4 rings (SSSR count). The lowest BCUT2D eigenvalue weighted by Crippen LogP contribution is -2.01. The molecule has 4 aromatic rings. The number of nitrogens with one attached hydrogen (secondary N) is 1. The van der Waals surface area contributed by atoms with Gasteiger partial charge in [-0.05, 0) is 36.4 Å². The fourth-order valence-electron chi connectivity index (χ4n) is 2.55. The molecule has 0 saturated carbocycles. The summed E-state index contributed by atoms with van der Waals surface area (Å²) in [6.45, 7) is 0. The Kier molecular flexibility index (Phi) is 3.24. The molecule has 0 unspecified atom stereocenters. The molecule has 0 atom stereocenters. The molecule has 0 spiro atoms. The molecule has 0 saturated heterocycles. The minimum Gasteiger partial charge on any atom is -0.348 e. The average Bonchev–Trinajstić information content (AvgIpc) is 3.02. The first-order chi connectivity index (χ1) is 11.3. The Morgan fingerprint density at radius 1 is 0.913 bits per heavy atom. The molecule has 0 amide bonds. The van der Waals surface area contributed by atoms with E-state index in [2.05, 4.69) is 10.3 Å². The van der Waals surface area contributed by atoms with Crippen molar-refractivity contribution in [2.24, 2.45) is 7.05 Å². The fraction of sp³-hybridized carbons (Fsp3) is 0.0556. The topological polar surface area (TPSA) is 55.6 Å². The van der Waals surface area contributed by atoms with Gasteiger partial charge in [-0.1, -0.05) is 12.1 Å². The smallest absolute Gasteiger partial charge is 0.178 e. The van der Waals surface area contributed by atoms with Gasteiger partial charge in [0, 0.05) is 36.7 Å². The van der Waals surface area contributed by atoms with Crippen molar-refractivity contribution >= 4 is 22.4 Å². The van der Waals surface area contributed by atoms with E-state index in [1.165, 1.54) is 0 Å². The molecule has 112 valence electrons. The van der Waals surface area contributed by atoms with Crippen LogP contribution >= 0.6 is 0 Å². The Labute approximate surface area is 133 Å². The number of aromatic nitrogens is 4. The largest absolute Gasteiger partial charge is 0.348 e. The number of anilines is 2. The zero-order valence-corrected chi connectivity index (χ0v) is 12.6. The Morgan fingerprint density at radius 3 is 2.52 bits per heavy atom. The summed E-state index contributed by atoms with van der Waals surface area (Å²) in [5, 5.41) is 4.36. The van der Waals surface area contributed by atoms with Crippen molar-refractivity contribution in [2.45, 2.75) is 0 Å². The molecule has 0 aliphatic rings. The van der Waals surface area contributed by atoms with Crippen molar-refractivity contribution < 1.29 is 0 Å². The first kappa shape index (κ1) is 13.5. The second kappa shape index (κ2) is 5.53. The number of hydrogen-bond acceptors (Lipinski definition) is 4. The van der Waals surface area contributed by atoms with E-state index in [4.69, 9.17) is 9.97 Å². The molecule has 0 fully saturated rings. The number of fused-ring (bicyclic) bond motifs is 1. The molecule has 0 radical (unpaired) electrons. The number of para-hydroxylation sites is 1. The minimum atomic E-state index is 0.702. The lowest BCUT2D eigenvalue weighted by molar-refractivity contribution is 0.924. The number of pyridine rings is 1. The highest BCUT2D eigenvalue weighted by molar-refractivity contribution is 5.92. The maximum Gasteiger partial charge on any atom is 0.178 e. The molecular weight excluding hydrogens is 286 g/mol. The predicted octanol–water partition coefficient (Wildman–Crippen LogP) is 3.77. The first-order valence-electron chi connectivity index (χ1n) is 7.37. The van der Waals surface area contributed by atoms with Crippen LogP contribution in [-0.4, -0.2) is 19.5 Å². The summed E-state index contributed by atoms with van der Waals surface area (Å²) in [6.07, 6.45) is 5.50. The molecule has 23 heavy (non-hydrogen) atoms. The quantitative estimate of drug-likeness (QED) is 0.626. The maximum absolute atomic E-state index is 4.74. The zero-order valence-electron chi connectivity index (χ0n) is 12.6. The Bertz CT molecular complexity index is 959. The average molecular weight is 301 g/mol. The van der Waals surface area contributed by atoms with Gasteiger partial charge in [-0.25, -0.2) is 9.97 Å². The molecule has 5 nitrogen and oxygen atoms in total. The van der Waals surface area contributed by atoms with E-state index < -0.39 is 0 Å². The third kappa shape index (κ3) is 2.53. The van der Waals surface area contributed by atoms with E-state index in [0.29, 0.717) is 5.82 Å². The second-order valence-electron chi connectivity index (χ2n) is 5.28. The first-order valence-corrected chi connectivity index (χ1v) is 7.37. The standard InChI is InChI=1S/C18H15N5/c1-23-12-4-7-16(23)18-21-15-6-3-2-5-14(15)17(22-18)20-13-8-10-19-11-9-13/h2-12H,1H3,(H,19,20,21,22). The summed E-state index contributed by atoms with van der Waals surface area (Å²) in [5.74, 6) is 1.49. The highest BCUT2D eigenvalue weighted by Gasteiger charge is 2.11. The van der Waals surface area contributed by atoms with Gasteiger partial charge in [0.2, 0.25) is 0 Å². The summed E-state index contributed by atoms with van der Waals surface area (Å²) in [4.78, 5) is 13.5. The Morgan fingerprint density at radius 2 is 1.74 bits per heavy atom. The summed E-state index contributed by atoms with van der Waals surface area (Å²) >= 11 is 0. The SMILES string of the molecule is Cn1cccc1-c1nc(Nc2ccncc2)c2ccccc2n1. The molecule has 0 aliphatic carbocycles. The van der Waals surface area contributed by atoms with Crippen molar-refractivity contribution in [3.8, 4) is 11.5 Å². The molecule has 0 aliphatic heterocycles. The second-order valence-corrected chi connectivity index (χ2v) is 5.28. The Balaban J connectivity index is 1.89. The normalized spacial score (nSPS) is 10.8. The van der Waals surface area contributed by atoms with Crippen molar-refractivity contribution in [1.29, 1.82) is 0 Å². The van der Waals surface area contributed by atoms with E-state index in [-0.39, 0.29) is 0 Å². The molecule has 3 aromatic heterocycles. The fourth-order valence-corrected chi connectivity index (χ4v) is 2.55. The van der Waals surface area contributed by atoms with E-state index in [9.17, 15) is 0 Å². The van der Waals surface area contributed by atoms with E-state index in [1.807, 2.05) is 66.3 Å². The molecule has 5 heteroatoms. The summed E-state index contributed by atoms with van der Waals surface area (Å²) in [7, 11) is 1.99. The Hall–Kier alpha value is -3.21. The van der Waals surface area contributed by atoms with Gasteiger partial charge in [-0.3, -0.25) is 4.98 Å². The van der Waals surface area contributed by atoms with Gasteiger partial charge >= 0.3 is 0 Å². The van der Waals surface area contributed by atoms with Crippen molar-refractivity contribution in [3.05, 3.63) is 67.1 Å². The summed E-state index contributed by atoms with van der Waals surface area (Å²) < 4.78 is 2.01. The van der Waals surface area contributed by atoms with Crippen LogP contribution in [0.5, 0.6) is 0 Å². The lowest BCUT2D eigenvalue weighted by Gasteiger charge is -2.11. The van der Waals surface area contributed by atoms with Crippen LogP contribution in [0.25, 0.3) is 22.4 Å². The number of rotatable bonds is 3. The van der Waals surface area contributed by atoms with Crippen molar-refractivity contribution in [3.63, 3.8) is 0 Å². The van der Waals surface area contributed by atoms with E-state index in [0.717, 1.165) is 28.1 Å². The minimum absolute atomic E-state index is 0.702. The molecular formula is C18H15N5. The summed E-state index contributed by atoms with van der Waals surface area (Å²) in [6, 6.07) is 15.8. The van der Waals surface area contributed by atoms with Crippen LogP contribution in [0.4, 0.5) is 11.5 Å². The number of benzene rings is 1. The van der Waals surface area contributed by atoms with Crippen LogP contribution in [0.15, 0.2) is 67.1 Å². The number of hydrogen-bond donors (Lipinski definition) is 1. The maximum atomic E-state index is 4.74. The van der Waals surface area contributed by atoms with Gasteiger partial charge in [0.15, 0.2) is 5.82 Å². The van der Waals surface area contributed by atoms with Gasteiger partial charge in [0.25, 0.3) is 0 Å². The van der Waals surface area contributed by atoms with Crippen LogP contribution < -0.4 is 5.32 Å². The number of nitrogens with zero attached hydrogens (tertiary/aromatic N) is 4. The highest BCUT2D eigenvalue weighted by atomic mass is 15.1. The summed E-state index contributed by atoms with van der Waals surface area (Å²) in [5.41, 5.74) is 2.84. The van der Waals surface area contributed by atoms with Gasteiger partial charge < -0.3 is 9.88 Å². The molecule has 0 bridgehead atoms. The van der Waals surface area contributed by atoms with Crippen LogP contribution in [0.1, 0.15) is 0 Å².